The van der Waals surface area contributed by atoms with E-state index in [1.807, 2.05) is 19.2 Å². The Balaban J connectivity index is 1.96. The number of hydrogen-bond donors (Lipinski definition) is 1. The maximum atomic E-state index is 11.8. The zero-order valence-corrected chi connectivity index (χ0v) is 13.9. The van der Waals surface area contributed by atoms with E-state index in [1.54, 1.807) is 45.9 Å². The van der Waals surface area contributed by atoms with Crippen molar-refractivity contribution in [3.63, 3.8) is 0 Å². The van der Waals surface area contributed by atoms with E-state index in [-0.39, 0.29) is 5.56 Å². The van der Waals surface area contributed by atoms with Crippen LogP contribution in [0.25, 0.3) is 16.8 Å². The van der Waals surface area contributed by atoms with E-state index < -0.39 is 0 Å². The zero-order valence-electron chi connectivity index (χ0n) is 13.1. The Morgan fingerprint density at radius 3 is 2.79 bits per heavy atom. The number of halogens is 1. The van der Waals surface area contributed by atoms with Crippen LogP contribution in [0.1, 0.15) is 13.3 Å². The van der Waals surface area contributed by atoms with E-state index in [9.17, 15) is 4.79 Å². The third-order valence-corrected chi connectivity index (χ3v) is 3.88. The van der Waals surface area contributed by atoms with Gasteiger partial charge in [0.2, 0.25) is 0 Å². The summed E-state index contributed by atoms with van der Waals surface area (Å²) in [6.45, 7) is 2.71. The van der Waals surface area contributed by atoms with E-state index in [0.29, 0.717) is 18.0 Å². The van der Waals surface area contributed by atoms with Gasteiger partial charge in [-0.2, -0.15) is 5.10 Å². The SMILES string of the molecule is CCCn1cc(-n2cc(-c3ccc(N)c(OCl)c3)cn2)ccc1=O. The first-order valence-corrected chi connectivity index (χ1v) is 7.87. The van der Waals surface area contributed by atoms with Crippen molar-refractivity contribution in [3.8, 4) is 22.6 Å². The van der Waals surface area contributed by atoms with E-state index >= 15 is 0 Å². The highest BCUT2D eigenvalue weighted by molar-refractivity contribution is 6.09. The second kappa shape index (κ2) is 6.80. The maximum absolute atomic E-state index is 11.8. The van der Waals surface area contributed by atoms with Gasteiger partial charge in [0, 0.05) is 30.6 Å². The summed E-state index contributed by atoms with van der Waals surface area (Å²) in [4.78, 5) is 11.8. The van der Waals surface area contributed by atoms with Crippen LogP contribution in [0.15, 0.2) is 53.7 Å². The number of nitrogens with two attached hydrogens (primary N) is 1. The predicted octanol–water partition coefficient (Wildman–Crippen LogP) is 3.23. The highest BCUT2D eigenvalue weighted by atomic mass is 35.5. The van der Waals surface area contributed by atoms with Gasteiger partial charge in [0.15, 0.2) is 5.75 Å². The molecule has 0 aliphatic carbocycles. The molecule has 0 radical (unpaired) electrons. The van der Waals surface area contributed by atoms with Gasteiger partial charge in [-0.15, -0.1) is 0 Å². The van der Waals surface area contributed by atoms with Crippen LogP contribution in [0.3, 0.4) is 0 Å². The van der Waals surface area contributed by atoms with Gasteiger partial charge in [0.1, 0.15) is 11.9 Å². The van der Waals surface area contributed by atoms with Gasteiger partial charge in [-0.3, -0.25) is 4.79 Å². The normalized spacial score (nSPS) is 10.8. The lowest BCUT2D eigenvalue weighted by molar-refractivity contribution is 0.622. The smallest absolute Gasteiger partial charge is 0.250 e. The monoisotopic (exact) mass is 344 g/mol. The van der Waals surface area contributed by atoms with Crippen LogP contribution in [-0.2, 0) is 6.54 Å². The largest absolute Gasteiger partial charge is 0.396 e. The van der Waals surface area contributed by atoms with Crippen molar-refractivity contribution in [3.05, 3.63) is 59.3 Å². The van der Waals surface area contributed by atoms with Crippen LogP contribution < -0.4 is 15.6 Å². The Hall–Kier alpha value is -2.73. The molecule has 124 valence electrons. The quantitative estimate of drug-likeness (QED) is 0.721. The Bertz CT molecular complexity index is 917. The number of nitrogen functional groups attached to an aromatic ring is 1. The predicted molar refractivity (Wildman–Crippen MR) is 94.4 cm³/mol. The molecule has 0 unspecified atom stereocenters. The summed E-state index contributed by atoms with van der Waals surface area (Å²) in [6, 6.07) is 8.65. The molecule has 0 spiro atoms. The number of nitrogens with zero attached hydrogens (tertiary/aromatic N) is 3. The number of pyridine rings is 1. The molecule has 2 heterocycles. The zero-order chi connectivity index (χ0) is 17.1. The van der Waals surface area contributed by atoms with Crippen LogP contribution in [0.5, 0.6) is 5.75 Å². The van der Waals surface area contributed by atoms with Crippen LogP contribution in [0.2, 0.25) is 0 Å². The molecule has 24 heavy (non-hydrogen) atoms. The molecule has 0 fully saturated rings. The van der Waals surface area contributed by atoms with Gasteiger partial charge in [0.25, 0.3) is 5.56 Å². The summed E-state index contributed by atoms with van der Waals surface area (Å²) in [6.07, 6.45) is 6.30. The van der Waals surface area contributed by atoms with Gasteiger partial charge in [-0.25, -0.2) is 4.68 Å². The highest BCUT2D eigenvalue weighted by Gasteiger charge is 2.08. The van der Waals surface area contributed by atoms with E-state index in [2.05, 4.69) is 5.10 Å². The number of benzene rings is 1. The fourth-order valence-corrected chi connectivity index (χ4v) is 2.60. The van der Waals surface area contributed by atoms with Gasteiger partial charge in [-0.1, -0.05) is 13.0 Å². The van der Waals surface area contributed by atoms with Crippen LogP contribution >= 0.6 is 11.9 Å². The van der Waals surface area contributed by atoms with Crippen molar-refractivity contribution < 1.29 is 4.29 Å². The molecule has 0 aliphatic rings. The lowest BCUT2D eigenvalue weighted by atomic mass is 10.1. The van der Waals surface area contributed by atoms with Crippen molar-refractivity contribution >= 4 is 17.6 Å². The Kier molecular flexibility index (Phi) is 4.57. The summed E-state index contributed by atoms with van der Waals surface area (Å²) in [5.41, 5.74) is 8.81. The van der Waals surface area contributed by atoms with E-state index in [4.69, 9.17) is 21.9 Å². The molecule has 3 aromatic rings. The minimum absolute atomic E-state index is 0.0181. The molecule has 0 aliphatic heterocycles. The topological polar surface area (TPSA) is 75.1 Å². The van der Waals surface area contributed by atoms with Crippen molar-refractivity contribution in [1.29, 1.82) is 0 Å². The Morgan fingerprint density at radius 1 is 1.21 bits per heavy atom. The molecule has 0 atom stereocenters. The molecule has 2 N–H and O–H groups in total. The standard InChI is InChI=1S/C17H17ClN4O2/c1-2-7-21-11-14(4-6-17(21)23)22-10-13(9-20-22)12-3-5-15(19)16(8-12)24-18/h3-6,8-11H,2,7,19H2,1H3. The fraction of sp³-hybridized carbons (Fsp3) is 0.176. The first kappa shape index (κ1) is 16.1. The minimum Gasteiger partial charge on any atom is -0.396 e. The molecule has 2 aromatic heterocycles. The molecule has 1 aromatic carbocycles. The van der Waals surface area contributed by atoms with Crippen LogP contribution in [-0.4, -0.2) is 14.3 Å². The first-order chi connectivity index (χ1) is 11.6. The number of aryl methyl sites for hydroxylation is 1. The third-order valence-electron chi connectivity index (χ3n) is 3.71. The summed E-state index contributed by atoms with van der Waals surface area (Å²) < 4.78 is 8.14. The summed E-state index contributed by atoms with van der Waals surface area (Å²) in [7, 11) is 0. The Labute approximate surface area is 144 Å². The molecule has 0 saturated carbocycles. The van der Waals surface area contributed by atoms with E-state index in [1.165, 1.54) is 0 Å². The fourth-order valence-electron chi connectivity index (χ4n) is 2.46. The highest BCUT2D eigenvalue weighted by Crippen LogP contribution is 2.29. The van der Waals surface area contributed by atoms with Gasteiger partial charge in [0.05, 0.1) is 17.6 Å². The number of anilines is 1. The lowest BCUT2D eigenvalue weighted by Crippen LogP contribution is -2.19. The molecule has 3 rings (SSSR count). The summed E-state index contributed by atoms with van der Waals surface area (Å²) in [5.74, 6) is 0.401. The average Bonchev–Trinajstić information content (AvgIpc) is 3.07. The van der Waals surface area contributed by atoms with Crippen molar-refractivity contribution in [2.45, 2.75) is 19.9 Å². The summed E-state index contributed by atoms with van der Waals surface area (Å²) >= 11 is 5.42. The van der Waals surface area contributed by atoms with E-state index in [0.717, 1.165) is 23.2 Å². The van der Waals surface area contributed by atoms with Gasteiger partial charge in [-0.05, 0) is 30.2 Å². The molecule has 7 heteroatoms. The second-order valence-corrected chi connectivity index (χ2v) is 5.58. The third kappa shape index (κ3) is 3.14. The Morgan fingerprint density at radius 2 is 2.04 bits per heavy atom. The minimum atomic E-state index is -0.0181. The molecule has 0 bridgehead atoms. The summed E-state index contributed by atoms with van der Waals surface area (Å²) in [5, 5.41) is 4.37. The number of aromatic nitrogens is 3. The maximum Gasteiger partial charge on any atom is 0.250 e. The van der Waals surface area contributed by atoms with Gasteiger partial charge >= 0.3 is 0 Å². The second-order valence-electron chi connectivity index (χ2n) is 5.42. The molecule has 0 saturated heterocycles. The van der Waals surface area contributed by atoms with Crippen molar-refractivity contribution in [2.24, 2.45) is 0 Å². The van der Waals surface area contributed by atoms with Crippen molar-refractivity contribution in [1.82, 2.24) is 14.3 Å². The number of hydrogen-bond acceptors (Lipinski definition) is 4. The molecular formula is C17H17ClN4O2. The number of rotatable bonds is 5. The lowest BCUT2D eigenvalue weighted by Gasteiger charge is -2.07. The van der Waals surface area contributed by atoms with Crippen molar-refractivity contribution in [2.75, 3.05) is 5.73 Å². The molecular weight excluding hydrogens is 328 g/mol. The average molecular weight is 345 g/mol. The first-order valence-electron chi connectivity index (χ1n) is 7.56. The molecule has 6 nitrogen and oxygen atoms in total. The van der Waals surface area contributed by atoms with Gasteiger partial charge < -0.3 is 14.6 Å². The van der Waals surface area contributed by atoms with Crippen LogP contribution in [0, 0.1) is 0 Å². The van der Waals surface area contributed by atoms with Crippen LogP contribution in [0.4, 0.5) is 5.69 Å². The molecule has 0 amide bonds.